The number of piperazine rings is 1. The number of halogens is 1. The molecule has 0 radical (unpaired) electrons. The first-order valence-corrected chi connectivity index (χ1v) is 9.63. The van der Waals surface area contributed by atoms with Crippen LogP contribution in [0.4, 0.5) is 0 Å². The molecule has 0 aromatic heterocycles. The van der Waals surface area contributed by atoms with Crippen molar-refractivity contribution < 1.29 is 0 Å². The standard InChI is InChI=1S/C21H19ClN2S/c1-2-9-23-10-12-24(13-11-23)19-14-16-5-3-4-6-20(16)25-21-8-7-17(22)15-18(19)21/h1,3-8,14-15H,9-13H2. The lowest BCUT2D eigenvalue weighted by Gasteiger charge is -2.37. The number of hydrogen-bond acceptors (Lipinski definition) is 3. The average Bonchev–Trinajstić information content (AvgIpc) is 2.79. The van der Waals surface area contributed by atoms with E-state index >= 15 is 0 Å². The molecule has 2 aliphatic rings. The van der Waals surface area contributed by atoms with Gasteiger partial charge in [-0.25, -0.2) is 0 Å². The predicted molar refractivity (Wildman–Crippen MR) is 107 cm³/mol. The molecule has 0 unspecified atom stereocenters. The first-order valence-electron chi connectivity index (χ1n) is 8.44. The van der Waals surface area contributed by atoms with E-state index in [0.717, 1.165) is 37.7 Å². The van der Waals surface area contributed by atoms with E-state index in [0.29, 0.717) is 0 Å². The molecule has 0 spiro atoms. The van der Waals surface area contributed by atoms with Gasteiger partial charge >= 0.3 is 0 Å². The summed E-state index contributed by atoms with van der Waals surface area (Å²) in [6.45, 7) is 4.67. The molecule has 2 heterocycles. The third-order valence-electron chi connectivity index (χ3n) is 4.68. The molecule has 0 atom stereocenters. The van der Waals surface area contributed by atoms with Crippen molar-refractivity contribution in [3.05, 3.63) is 58.6 Å². The number of rotatable bonds is 2. The van der Waals surface area contributed by atoms with E-state index in [4.69, 9.17) is 18.0 Å². The zero-order chi connectivity index (χ0) is 17.2. The maximum Gasteiger partial charge on any atom is 0.0600 e. The summed E-state index contributed by atoms with van der Waals surface area (Å²) in [5.41, 5.74) is 3.75. The summed E-state index contributed by atoms with van der Waals surface area (Å²) < 4.78 is 0. The number of benzene rings is 2. The zero-order valence-electron chi connectivity index (χ0n) is 13.9. The Bertz CT molecular complexity index is 860. The summed E-state index contributed by atoms with van der Waals surface area (Å²) in [5, 5.41) is 0.780. The Morgan fingerprint density at radius 3 is 2.64 bits per heavy atom. The molecule has 126 valence electrons. The molecule has 1 saturated heterocycles. The van der Waals surface area contributed by atoms with Crippen LogP contribution in [-0.2, 0) is 0 Å². The van der Waals surface area contributed by atoms with Crippen molar-refractivity contribution in [3.63, 3.8) is 0 Å². The van der Waals surface area contributed by atoms with Crippen LogP contribution < -0.4 is 0 Å². The Labute approximate surface area is 158 Å². The Morgan fingerprint density at radius 1 is 1.04 bits per heavy atom. The van der Waals surface area contributed by atoms with E-state index in [9.17, 15) is 0 Å². The van der Waals surface area contributed by atoms with Crippen LogP contribution in [-0.4, -0.2) is 42.5 Å². The van der Waals surface area contributed by atoms with Crippen molar-refractivity contribution in [3.8, 4) is 12.3 Å². The molecule has 2 nitrogen and oxygen atoms in total. The van der Waals surface area contributed by atoms with E-state index in [1.54, 1.807) is 0 Å². The van der Waals surface area contributed by atoms with Gasteiger partial charge in [0.1, 0.15) is 0 Å². The van der Waals surface area contributed by atoms with Crippen molar-refractivity contribution in [2.45, 2.75) is 9.79 Å². The van der Waals surface area contributed by atoms with Gasteiger partial charge in [0.15, 0.2) is 0 Å². The molecule has 25 heavy (non-hydrogen) atoms. The van der Waals surface area contributed by atoms with Gasteiger partial charge in [0.25, 0.3) is 0 Å². The number of hydrogen-bond donors (Lipinski definition) is 0. The maximum absolute atomic E-state index is 6.32. The molecule has 0 aliphatic carbocycles. The summed E-state index contributed by atoms with van der Waals surface area (Å²) in [5.74, 6) is 2.75. The van der Waals surface area contributed by atoms with Crippen LogP contribution in [0.15, 0.2) is 52.3 Å². The molecule has 0 N–H and O–H groups in total. The minimum absolute atomic E-state index is 0.730. The molecule has 0 bridgehead atoms. The fraction of sp³-hybridized carbons (Fsp3) is 0.238. The average molecular weight is 367 g/mol. The molecule has 2 aliphatic heterocycles. The monoisotopic (exact) mass is 366 g/mol. The van der Waals surface area contributed by atoms with E-state index in [-0.39, 0.29) is 0 Å². The quantitative estimate of drug-likeness (QED) is 0.720. The Kier molecular flexibility index (Phi) is 4.76. The van der Waals surface area contributed by atoms with E-state index < -0.39 is 0 Å². The number of fused-ring (bicyclic) bond motifs is 2. The first-order chi connectivity index (χ1) is 12.2. The van der Waals surface area contributed by atoms with Crippen LogP contribution in [0.3, 0.4) is 0 Å². The van der Waals surface area contributed by atoms with Gasteiger partial charge in [-0.3, -0.25) is 4.90 Å². The van der Waals surface area contributed by atoms with Crippen LogP contribution in [0.2, 0.25) is 5.02 Å². The molecular weight excluding hydrogens is 348 g/mol. The van der Waals surface area contributed by atoms with E-state index in [1.807, 2.05) is 17.8 Å². The van der Waals surface area contributed by atoms with Crippen molar-refractivity contribution in [2.75, 3.05) is 32.7 Å². The Balaban J connectivity index is 1.74. The molecule has 4 rings (SSSR count). The fourth-order valence-corrected chi connectivity index (χ4v) is 4.58. The molecule has 4 heteroatoms. The lowest BCUT2D eigenvalue weighted by atomic mass is 10.1. The number of nitrogens with zero attached hydrogens (tertiary/aromatic N) is 2. The minimum Gasteiger partial charge on any atom is -0.368 e. The normalized spacial score (nSPS) is 17.1. The number of terminal acetylenes is 1. The van der Waals surface area contributed by atoms with Gasteiger partial charge < -0.3 is 4.90 Å². The van der Waals surface area contributed by atoms with Crippen molar-refractivity contribution in [1.29, 1.82) is 0 Å². The van der Waals surface area contributed by atoms with Gasteiger partial charge in [0.2, 0.25) is 0 Å². The highest BCUT2D eigenvalue weighted by molar-refractivity contribution is 7.99. The minimum atomic E-state index is 0.730. The zero-order valence-corrected chi connectivity index (χ0v) is 15.5. The van der Waals surface area contributed by atoms with Crippen LogP contribution in [0.1, 0.15) is 11.1 Å². The second-order valence-electron chi connectivity index (χ2n) is 6.28. The molecule has 2 aromatic rings. The smallest absolute Gasteiger partial charge is 0.0600 e. The van der Waals surface area contributed by atoms with E-state index in [2.05, 4.69) is 58.2 Å². The van der Waals surface area contributed by atoms with E-state index in [1.165, 1.54) is 26.6 Å². The molecule has 0 amide bonds. The first kappa shape index (κ1) is 16.6. The maximum atomic E-state index is 6.32. The summed E-state index contributed by atoms with van der Waals surface area (Å²) in [4.78, 5) is 7.33. The fourth-order valence-electron chi connectivity index (χ4n) is 3.37. The van der Waals surface area contributed by atoms with Gasteiger partial charge in [0, 0.05) is 52.3 Å². The van der Waals surface area contributed by atoms with Gasteiger partial charge in [-0.1, -0.05) is 47.5 Å². The summed E-state index contributed by atoms with van der Waals surface area (Å²) in [6, 6.07) is 14.8. The lowest BCUT2D eigenvalue weighted by molar-refractivity contribution is 0.193. The van der Waals surface area contributed by atoms with Crippen LogP contribution in [0, 0.1) is 12.3 Å². The molecule has 2 aromatic carbocycles. The highest BCUT2D eigenvalue weighted by Gasteiger charge is 2.23. The molecule has 0 saturated carbocycles. The lowest BCUT2D eigenvalue weighted by Crippen LogP contribution is -2.45. The third kappa shape index (κ3) is 3.43. The molecular formula is C21H19ClN2S. The highest BCUT2D eigenvalue weighted by Crippen LogP contribution is 2.42. The van der Waals surface area contributed by atoms with Crippen molar-refractivity contribution in [2.24, 2.45) is 0 Å². The topological polar surface area (TPSA) is 6.48 Å². The largest absolute Gasteiger partial charge is 0.368 e. The van der Waals surface area contributed by atoms with Gasteiger partial charge in [-0.2, -0.15) is 0 Å². The Morgan fingerprint density at radius 2 is 1.84 bits per heavy atom. The van der Waals surface area contributed by atoms with Crippen molar-refractivity contribution in [1.82, 2.24) is 9.80 Å². The summed E-state index contributed by atoms with van der Waals surface area (Å²) in [6.07, 6.45) is 7.76. The SMILES string of the molecule is C#CCN1CCN(C2=Cc3ccccc3Sc3ccc(Cl)cc32)CC1. The Hall–Kier alpha value is -1.86. The molecule has 1 fully saturated rings. The van der Waals surface area contributed by atoms with Gasteiger partial charge in [-0.15, -0.1) is 6.42 Å². The van der Waals surface area contributed by atoms with Gasteiger partial charge in [-0.05, 0) is 35.9 Å². The van der Waals surface area contributed by atoms with Crippen LogP contribution in [0.5, 0.6) is 0 Å². The second-order valence-corrected chi connectivity index (χ2v) is 7.80. The second kappa shape index (κ2) is 7.17. The summed E-state index contributed by atoms with van der Waals surface area (Å²) in [7, 11) is 0. The highest BCUT2D eigenvalue weighted by atomic mass is 35.5. The van der Waals surface area contributed by atoms with Gasteiger partial charge in [0.05, 0.1) is 6.54 Å². The summed E-state index contributed by atoms with van der Waals surface area (Å²) >= 11 is 8.14. The van der Waals surface area contributed by atoms with Crippen molar-refractivity contribution >= 4 is 35.1 Å². The van der Waals surface area contributed by atoms with Crippen LogP contribution in [0.25, 0.3) is 11.8 Å². The third-order valence-corrected chi connectivity index (χ3v) is 6.08. The predicted octanol–water partition coefficient (Wildman–Crippen LogP) is 4.55. The van der Waals surface area contributed by atoms with Crippen LogP contribution >= 0.6 is 23.4 Å².